The molecule has 0 bridgehead atoms. The van der Waals surface area contributed by atoms with E-state index >= 15 is 0 Å². The first-order valence-corrected chi connectivity index (χ1v) is 7.54. The van der Waals surface area contributed by atoms with Crippen molar-refractivity contribution < 1.29 is 9.53 Å². The second kappa shape index (κ2) is 7.64. The highest BCUT2D eigenvalue weighted by Crippen LogP contribution is 2.26. The second-order valence-electron chi connectivity index (χ2n) is 5.37. The molecule has 0 saturated carbocycles. The summed E-state index contributed by atoms with van der Waals surface area (Å²) in [5.74, 6) is 0.567. The van der Waals surface area contributed by atoms with Gasteiger partial charge in [-0.2, -0.15) is 0 Å². The number of amides is 1. The van der Waals surface area contributed by atoms with E-state index in [1.54, 1.807) is 0 Å². The standard InChI is InChI=1S/C15H23BrN2O2/c1-5-15(2,3)18-14(19)10-20-13-7-6-11(9-17-4)8-12(13)16/h6-8,17H,5,9-10H2,1-4H3,(H,18,19). The fourth-order valence-electron chi connectivity index (χ4n) is 1.62. The lowest BCUT2D eigenvalue weighted by Gasteiger charge is -2.24. The van der Waals surface area contributed by atoms with Crippen LogP contribution in [-0.2, 0) is 11.3 Å². The van der Waals surface area contributed by atoms with Gasteiger partial charge in [-0.1, -0.05) is 13.0 Å². The summed E-state index contributed by atoms with van der Waals surface area (Å²) in [5, 5.41) is 6.03. The summed E-state index contributed by atoms with van der Waals surface area (Å²) in [7, 11) is 1.90. The molecule has 0 saturated heterocycles. The smallest absolute Gasteiger partial charge is 0.258 e. The van der Waals surface area contributed by atoms with Crippen LogP contribution < -0.4 is 15.4 Å². The Morgan fingerprint density at radius 3 is 2.65 bits per heavy atom. The SMILES string of the molecule is CCC(C)(C)NC(=O)COc1ccc(CNC)cc1Br. The molecule has 0 heterocycles. The van der Waals surface area contributed by atoms with E-state index in [0.717, 1.165) is 23.0 Å². The van der Waals surface area contributed by atoms with Gasteiger partial charge in [-0.15, -0.1) is 0 Å². The number of rotatable bonds is 7. The molecule has 1 amide bonds. The van der Waals surface area contributed by atoms with E-state index in [4.69, 9.17) is 4.74 Å². The van der Waals surface area contributed by atoms with E-state index in [0.29, 0.717) is 5.75 Å². The van der Waals surface area contributed by atoms with Gasteiger partial charge in [-0.25, -0.2) is 0 Å². The number of hydrogen-bond donors (Lipinski definition) is 2. The molecule has 112 valence electrons. The third kappa shape index (κ3) is 5.51. The van der Waals surface area contributed by atoms with Gasteiger partial charge >= 0.3 is 0 Å². The topological polar surface area (TPSA) is 50.4 Å². The molecule has 0 atom stereocenters. The van der Waals surface area contributed by atoms with E-state index in [1.165, 1.54) is 0 Å². The lowest BCUT2D eigenvalue weighted by molar-refractivity contribution is -0.124. The summed E-state index contributed by atoms with van der Waals surface area (Å²) in [6.07, 6.45) is 0.876. The molecule has 5 heteroatoms. The minimum absolute atomic E-state index is 0.0212. The summed E-state index contributed by atoms with van der Waals surface area (Å²) >= 11 is 3.46. The third-order valence-corrected chi connectivity index (χ3v) is 3.72. The molecular formula is C15H23BrN2O2. The number of ether oxygens (including phenoxy) is 1. The van der Waals surface area contributed by atoms with E-state index in [9.17, 15) is 4.79 Å². The van der Waals surface area contributed by atoms with Gasteiger partial charge in [0.1, 0.15) is 5.75 Å². The van der Waals surface area contributed by atoms with Crippen LogP contribution >= 0.6 is 15.9 Å². The van der Waals surface area contributed by atoms with Crippen molar-refractivity contribution in [2.45, 2.75) is 39.3 Å². The highest BCUT2D eigenvalue weighted by Gasteiger charge is 2.18. The first-order valence-electron chi connectivity index (χ1n) is 6.75. The Bertz CT molecular complexity index is 461. The Hall–Kier alpha value is -1.07. The molecule has 4 nitrogen and oxygen atoms in total. The Kier molecular flexibility index (Phi) is 6.49. The predicted octanol–water partition coefficient (Wildman–Crippen LogP) is 2.85. The molecule has 20 heavy (non-hydrogen) atoms. The van der Waals surface area contributed by atoms with Crippen LogP contribution in [0.4, 0.5) is 0 Å². The maximum Gasteiger partial charge on any atom is 0.258 e. The van der Waals surface area contributed by atoms with Crippen molar-refractivity contribution in [3.63, 3.8) is 0 Å². The molecule has 0 aliphatic carbocycles. The fraction of sp³-hybridized carbons (Fsp3) is 0.533. The zero-order chi connectivity index (χ0) is 15.2. The number of carbonyl (C=O) groups is 1. The molecule has 0 spiro atoms. The first-order chi connectivity index (χ1) is 9.38. The number of benzene rings is 1. The molecule has 0 aliphatic heterocycles. The molecular weight excluding hydrogens is 320 g/mol. The Morgan fingerprint density at radius 1 is 1.40 bits per heavy atom. The van der Waals surface area contributed by atoms with Crippen molar-refractivity contribution in [2.75, 3.05) is 13.7 Å². The molecule has 0 aromatic heterocycles. The number of nitrogens with one attached hydrogen (secondary N) is 2. The molecule has 2 N–H and O–H groups in total. The van der Waals surface area contributed by atoms with Crippen molar-refractivity contribution in [1.29, 1.82) is 0 Å². The van der Waals surface area contributed by atoms with Crippen LogP contribution in [-0.4, -0.2) is 25.1 Å². The third-order valence-electron chi connectivity index (χ3n) is 3.10. The van der Waals surface area contributed by atoms with Crippen LogP contribution in [0, 0.1) is 0 Å². The van der Waals surface area contributed by atoms with Gasteiger partial charge in [0.05, 0.1) is 4.47 Å². The number of hydrogen-bond acceptors (Lipinski definition) is 3. The van der Waals surface area contributed by atoms with Crippen LogP contribution in [0.2, 0.25) is 0 Å². The molecule has 0 unspecified atom stereocenters. The minimum Gasteiger partial charge on any atom is -0.483 e. The van der Waals surface area contributed by atoms with E-state index < -0.39 is 0 Å². The van der Waals surface area contributed by atoms with Gasteiger partial charge in [0.25, 0.3) is 5.91 Å². The van der Waals surface area contributed by atoms with Crippen LogP contribution in [0.5, 0.6) is 5.75 Å². The lowest BCUT2D eigenvalue weighted by atomic mass is 10.0. The number of carbonyl (C=O) groups excluding carboxylic acids is 1. The van der Waals surface area contributed by atoms with Crippen molar-refractivity contribution in [2.24, 2.45) is 0 Å². The summed E-state index contributed by atoms with van der Waals surface area (Å²) in [4.78, 5) is 11.8. The Labute approximate surface area is 129 Å². The molecule has 0 fully saturated rings. The van der Waals surface area contributed by atoms with Crippen molar-refractivity contribution in [1.82, 2.24) is 10.6 Å². The van der Waals surface area contributed by atoms with Gasteiger partial charge in [-0.05, 0) is 60.9 Å². The normalized spacial score (nSPS) is 11.2. The lowest BCUT2D eigenvalue weighted by Crippen LogP contribution is -2.44. The summed E-state index contributed by atoms with van der Waals surface area (Å²) in [5.41, 5.74) is 0.956. The average molecular weight is 343 g/mol. The molecule has 0 radical (unpaired) electrons. The molecule has 1 aromatic rings. The predicted molar refractivity (Wildman–Crippen MR) is 84.9 cm³/mol. The summed E-state index contributed by atoms with van der Waals surface area (Å²) in [6.45, 7) is 6.84. The maximum absolute atomic E-state index is 11.8. The number of halogens is 1. The van der Waals surface area contributed by atoms with Crippen LogP contribution in [0.15, 0.2) is 22.7 Å². The van der Waals surface area contributed by atoms with Crippen LogP contribution in [0.1, 0.15) is 32.8 Å². The average Bonchev–Trinajstić information content (AvgIpc) is 2.37. The van der Waals surface area contributed by atoms with Crippen LogP contribution in [0.3, 0.4) is 0 Å². The zero-order valence-electron chi connectivity index (χ0n) is 12.5. The Morgan fingerprint density at radius 2 is 2.10 bits per heavy atom. The maximum atomic E-state index is 11.8. The highest BCUT2D eigenvalue weighted by molar-refractivity contribution is 9.10. The second-order valence-corrected chi connectivity index (χ2v) is 6.22. The van der Waals surface area contributed by atoms with E-state index in [-0.39, 0.29) is 18.1 Å². The molecule has 1 rings (SSSR count). The molecule has 0 aliphatic rings. The highest BCUT2D eigenvalue weighted by atomic mass is 79.9. The van der Waals surface area contributed by atoms with Gasteiger partial charge in [0.2, 0.25) is 0 Å². The molecule has 1 aromatic carbocycles. The zero-order valence-corrected chi connectivity index (χ0v) is 14.1. The largest absolute Gasteiger partial charge is 0.483 e. The summed E-state index contributed by atoms with van der Waals surface area (Å²) in [6, 6.07) is 5.83. The minimum atomic E-state index is -0.200. The monoisotopic (exact) mass is 342 g/mol. The van der Waals surface area contributed by atoms with E-state index in [2.05, 4.69) is 26.6 Å². The van der Waals surface area contributed by atoms with Crippen LogP contribution in [0.25, 0.3) is 0 Å². The van der Waals surface area contributed by atoms with Crippen molar-refractivity contribution >= 4 is 21.8 Å². The fourth-order valence-corrected chi connectivity index (χ4v) is 2.16. The van der Waals surface area contributed by atoms with E-state index in [1.807, 2.05) is 46.0 Å². The van der Waals surface area contributed by atoms with Crippen molar-refractivity contribution in [3.8, 4) is 5.75 Å². The first kappa shape index (κ1) is 17.0. The van der Waals surface area contributed by atoms with Crippen molar-refractivity contribution in [3.05, 3.63) is 28.2 Å². The van der Waals surface area contributed by atoms with Gasteiger partial charge in [0, 0.05) is 12.1 Å². The summed E-state index contributed by atoms with van der Waals surface area (Å²) < 4.78 is 6.40. The van der Waals surface area contributed by atoms with Gasteiger partial charge in [0.15, 0.2) is 6.61 Å². The van der Waals surface area contributed by atoms with Gasteiger partial charge < -0.3 is 15.4 Å². The Balaban J connectivity index is 2.55. The quantitative estimate of drug-likeness (QED) is 0.800. The van der Waals surface area contributed by atoms with Gasteiger partial charge in [-0.3, -0.25) is 4.79 Å².